The Kier molecular flexibility index (Phi) is 7.56. The summed E-state index contributed by atoms with van der Waals surface area (Å²) in [6.45, 7) is 11.9. The van der Waals surface area contributed by atoms with Crippen molar-refractivity contribution in [2.45, 2.75) is 40.3 Å². The fourth-order valence-corrected chi connectivity index (χ4v) is 3.27. The van der Waals surface area contributed by atoms with Crippen molar-refractivity contribution >= 4 is 5.69 Å². The van der Waals surface area contributed by atoms with Crippen LogP contribution in [0.15, 0.2) is 73.3 Å². The first-order valence-electron chi connectivity index (χ1n) is 10.5. The number of hydrogen-bond acceptors (Lipinski definition) is 3. The van der Waals surface area contributed by atoms with Crippen LogP contribution in [0, 0.1) is 13.8 Å². The molecule has 30 heavy (non-hydrogen) atoms. The molecule has 3 rings (SSSR count). The van der Waals surface area contributed by atoms with Gasteiger partial charge < -0.3 is 14.8 Å². The second kappa shape index (κ2) is 10.5. The fourth-order valence-electron chi connectivity index (χ4n) is 3.27. The number of allylic oxidation sites excluding steroid dienone is 1. The maximum absolute atomic E-state index is 6.24. The number of benzene rings is 3. The predicted molar refractivity (Wildman–Crippen MR) is 126 cm³/mol. The van der Waals surface area contributed by atoms with Crippen molar-refractivity contribution in [3.63, 3.8) is 0 Å². The van der Waals surface area contributed by atoms with Gasteiger partial charge in [0.15, 0.2) is 11.5 Å². The maximum Gasteiger partial charge on any atom is 0.165 e. The van der Waals surface area contributed by atoms with Crippen molar-refractivity contribution in [1.82, 2.24) is 0 Å². The van der Waals surface area contributed by atoms with E-state index in [-0.39, 0.29) is 0 Å². The van der Waals surface area contributed by atoms with Gasteiger partial charge in [0.2, 0.25) is 0 Å². The summed E-state index contributed by atoms with van der Waals surface area (Å²) in [6.07, 6.45) is 2.63. The monoisotopic (exact) mass is 401 g/mol. The van der Waals surface area contributed by atoms with E-state index in [4.69, 9.17) is 9.47 Å². The van der Waals surface area contributed by atoms with E-state index in [2.05, 4.69) is 86.4 Å². The zero-order valence-corrected chi connectivity index (χ0v) is 18.2. The molecule has 0 spiro atoms. The fraction of sp³-hybridized carbons (Fsp3) is 0.259. The van der Waals surface area contributed by atoms with Gasteiger partial charge in [-0.1, -0.05) is 53.6 Å². The molecule has 3 nitrogen and oxygen atoms in total. The van der Waals surface area contributed by atoms with Crippen molar-refractivity contribution in [1.29, 1.82) is 0 Å². The largest absolute Gasteiger partial charge is 0.490 e. The summed E-state index contributed by atoms with van der Waals surface area (Å²) >= 11 is 0. The number of nitrogens with one attached hydrogen (secondary N) is 1. The Morgan fingerprint density at radius 3 is 2.17 bits per heavy atom. The summed E-state index contributed by atoms with van der Waals surface area (Å²) in [5.74, 6) is 1.58. The van der Waals surface area contributed by atoms with Crippen LogP contribution >= 0.6 is 0 Å². The van der Waals surface area contributed by atoms with Gasteiger partial charge >= 0.3 is 0 Å². The Labute approximate surface area is 180 Å². The molecular formula is C27H31NO2. The third-order valence-electron chi connectivity index (χ3n) is 4.91. The van der Waals surface area contributed by atoms with Gasteiger partial charge in [-0.3, -0.25) is 0 Å². The minimum atomic E-state index is 0.505. The van der Waals surface area contributed by atoms with Gasteiger partial charge in [0, 0.05) is 17.8 Å². The molecule has 0 atom stereocenters. The van der Waals surface area contributed by atoms with Crippen LogP contribution < -0.4 is 14.8 Å². The minimum absolute atomic E-state index is 0.505. The van der Waals surface area contributed by atoms with Crippen LogP contribution in [0.1, 0.15) is 34.7 Å². The molecule has 0 aliphatic carbocycles. The van der Waals surface area contributed by atoms with Crippen molar-refractivity contribution in [3.05, 3.63) is 101 Å². The summed E-state index contributed by atoms with van der Waals surface area (Å²) in [5, 5.41) is 3.49. The molecule has 3 aromatic rings. The normalized spacial score (nSPS) is 10.5. The SMILES string of the molecule is C=CCc1cc(CNc2ccc(C)cc2)cc(OCC)c1OCc1ccc(C)cc1. The zero-order valence-electron chi connectivity index (χ0n) is 18.2. The van der Waals surface area contributed by atoms with E-state index < -0.39 is 0 Å². The lowest BCUT2D eigenvalue weighted by Crippen LogP contribution is -2.06. The Bertz CT molecular complexity index is 959. The molecule has 0 saturated heterocycles. The molecule has 0 amide bonds. The summed E-state index contributed by atoms with van der Waals surface area (Å²) in [6, 6.07) is 21.1. The van der Waals surface area contributed by atoms with Gasteiger partial charge in [0.05, 0.1) is 6.61 Å². The Balaban J connectivity index is 1.81. The highest BCUT2D eigenvalue weighted by atomic mass is 16.5. The Hall–Kier alpha value is -3.20. The van der Waals surface area contributed by atoms with Crippen LogP contribution in [0.3, 0.4) is 0 Å². The van der Waals surface area contributed by atoms with E-state index >= 15 is 0 Å². The molecule has 0 bridgehead atoms. The number of aryl methyl sites for hydroxylation is 2. The number of ether oxygens (including phenoxy) is 2. The molecule has 0 saturated carbocycles. The van der Waals surface area contributed by atoms with E-state index in [0.29, 0.717) is 19.8 Å². The molecular weight excluding hydrogens is 370 g/mol. The topological polar surface area (TPSA) is 30.5 Å². The smallest absolute Gasteiger partial charge is 0.165 e. The van der Waals surface area contributed by atoms with Crippen molar-refractivity contribution < 1.29 is 9.47 Å². The predicted octanol–water partition coefficient (Wildman–Crippen LogP) is 6.62. The lowest BCUT2D eigenvalue weighted by Gasteiger charge is -2.18. The van der Waals surface area contributed by atoms with Crippen molar-refractivity contribution in [3.8, 4) is 11.5 Å². The molecule has 0 radical (unpaired) electrons. The van der Waals surface area contributed by atoms with E-state index in [1.54, 1.807) is 0 Å². The summed E-state index contributed by atoms with van der Waals surface area (Å²) < 4.78 is 12.2. The van der Waals surface area contributed by atoms with Crippen LogP contribution in [0.25, 0.3) is 0 Å². The summed E-state index contributed by atoms with van der Waals surface area (Å²) in [7, 11) is 0. The molecule has 0 aliphatic rings. The molecule has 0 unspecified atom stereocenters. The Morgan fingerprint density at radius 2 is 1.53 bits per heavy atom. The first-order valence-corrected chi connectivity index (χ1v) is 10.5. The van der Waals surface area contributed by atoms with Crippen LogP contribution in [0.5, 0.6) is 11.5 Å². The molecule has 0 aliphatic heterocycles. The average Bonchev–Trinajstić information content (AvgIpc) is 2.74. The maximum atomic E-state index is 6.24. The van der Waals surface area contributed by atoms with Crippen molar-refractivity contribution in [2.75, 3.05) is 11.9 Å². The van der Waals surface area contributed by atoms with Gasteiger partial charge in [0.1, 0.15) is 6.61 Å². The highest BCUT2D eigenvalue weighted by molar-refractivity contribution is 5.52. The molecule has 0 fully saturated rings. The molecule has 3 aromatic carbocycles. The molecule has 0 aromatic heterocycles. The molecule has 3 heteroatoms. The lowest BCUT2D eigenvalue weighted by molar-refractivity contribution is 0.267. The van der Waals surface area contributed by atoms with E-state index in [1.165, 1.54) is 11.1 Å². The van der Waals surface area contributed by atoms with Gasteiger partial charge in [-0.2, -0.15) is 0 Å². The summed E-state index contributed by atoms with van der Waals surface area (Å²) in [5.41, 5.74) is 6.97. The standard InChI is InChI=1S/C27H31NO2/c1-5-7-24-16-23(18-28-25-14-10-21(4)11-15-25)17-26(29-6-2)27(24)30-19-22-12-8-20(3)9-13-22/h5,8-17,28H,1,6-7,18-19H2,2-4H3. The van der Waals surface area contributed by atoms with Crippen LogP contribution in [-0.2, 0) is 19.6 Å². The Morgan fingerprint density at radius 1 is 0.867 bits per heavy atom. The highest BCUT2D eigenvalue weighted by Gasteiger charge is 2.14. The average molecular weight is 402 g/mol. The first kappa shape index (κ1) is 21.5. The van der Waals surface area contributed by atoms with Crippen LogP contribution in [-0.4, -0.2) is 6.61 Å². The molecule has 156 valence electrons. The van der Waals surface area contributed by atoms with E-state index in [0.717, 1.165) is 40.3 Å². The third-order valence-corrected chi connectivity index (χ3v) is 4.91. The lowest BCUT2D eigenvalue weighted by atomic mass is 10.0. The number of anilines is 1. The van der Waals surface area contributed by atoms with E-state index in [9.17, 15) is 0 Å². The van der Waals surface area contributed by atoms with Gasteiger partial charge in [-0.05, 0) is 62.6 Å². The van der Waals surface area contributed by atoms with Gasteiger partial charge in [-0.15, -0.1) is 6.58 Å². The van der Waals surface area contributed by atoms with Crippen LogP contribution in [0.4, 0.5) is 5.69 Å². The zero-order chi connectivity index (χ0) is 21.3. The number of hydrogen-bond donors (Lipinski definition) is 1. The quantitative estimate of drug-likeness (QED) is 0.387. The van der Waals surface area contributed by atoms with Gasteiger partial charge in [-0.25, -0.2) is 0 Å². The third kappa shape index (κ3) is 5.90. The first-order chi connectivity index (χ1) is 14.6. The second-order valence-electron chi connectivity index (χ2n) is 7.50. The van der Waals surface area contributed by atoms with Gasteiger partial charge in [0.25, 0.3) is 0 Å². The van der Waals surface area contributed by atoms with E-state index in [1.807, 2.05) is 13.0 Å². The van der Waals surface area contributed by atoms with Crippen LogP contribution in [0.2, 0.25) is 0 Å². The summed E-state index contributed by atoms with van der Waals surface area (Å²) in [4.78, 5) is 0. The highest BCUT2D eigenvalue weighted by Crippen LogP contribution is 2.35. The second-order valence-corrected chi connectivity index (χ2v) is 7.50. The molecule has 0 heterocycles. The van der Waals surface area contributed by atoms with Crippen molar-refractivity contribution in [2.24, 2.45) is 0 Å². The number of rotatable bonds is 10. The minimum Gasteiger partial charge on any atom is -0.490 e. The molecule has 1 N–H and O–H groups in total.